The third-order valence-electron chi connectivity index (χ3n) is 2.81. The first-order valence-corrected chi connectivity index (χ1v) is 6.04. The molecule has 96 valence electrons. The Morgan fingerprint density at radius 3 is 2.56 bits per heavy atom. The molecule has 5 heteroatoms. The minimum absolute atomic E-state index is 0.0180. The van der Waals surface area contributed by atoms with Crippen LogP contribution >= 0.6 is 0 Å². The number of rotatable bonds is 5. The molecule has 0 bridgehead atoms. The number of carbonyl (C=O) groups excluding carboxylic acids is 2. The van der Waals surface area contributed by atoms with Crippen molar-refractivity contribution in [2.45, 2.75) is 24.9 Å². The summed E-state index contributed by atoms with van der Waals surface area (Å²) >= 11 is 0. The topological polar surface area (TPSA) is 84.2 Å². The van der Waals surface area contributed by atoms with Gasteiger partial charge in [-0.25, -0.2) is 0 Å². The van der Waals surface area contributed by atoms with Crippen LogP contribution in [0.4, 0.5) is 0 Å². The van der Waals surface area contributed by atoms with Crippen molar-refractivity contribution in [2.75, 3.05) is 6.54 Å². The van der Waals surface area contributed by atoms with Crippen molar-refractivity contribution in [2.24, 2.45) is 5.73 Å². The second-order valence-electron chi connectivity index (χ2n) is 4.45. The fourth-order valence-electron chi connectivity index (χ4n) is 1.60. The maximum atomic E-state index is 11.7. The molecule has 18 heavy (non-hydrogen) atoms. The monoisotopic (exact) mass is 247 g/mol. The van der Waals surface area contributed by atoms with E-state index in [4.69, 9.17) is 5.73 Å². The van der Waals surface area contributed by atoms with E-state index in [9.17, 15) is 9.59 Å². The molecule has 1 aromatic rings. The van der Waals surface area contributed by atoms with Crippen LogP contribution in [0.2, 0.25) is 0 Å². The van der Waals surface area contributed by atoms with Crippen molar-refractivity contribution < 1.29 is 9.59 Å². The quantitative estimate of drug-likeness (QED) is 0.689. The minimum Gasteiger partial charge on any atom is -0.352 e. The molecule has 2 amide bonds. The molecule has 2 rings (SSSR count). The zero-order valence-electron chi connectivity index (χ0n) is 10.1. The maximum Gasteiger partial charge on any atom is 0.241 e. The van der Waals surface area contributed by atoms with Crippen LogP contribution in [-0.4, -0.2) is 24.4 Å². The lowest BCUT2D eigenvalue weighted by molar-refractivity contribution is -0.127. The minimum atomic E-state index is -0.736. The van der Waals surface area contributed by atoms with Crippen LogP contribution in [0.3, 0.4) is 0 Å². The number of hydrogen-bond donors (Lipinski definition) is 3. The second kappa shape index (κ2) is 5.64. The number of nitrogens with one attached hydrogen (secondary N) is 2. The lowest BCUT2D eigenvalue weighted by Crippen LogP contribution is -2.41. The summed E-state index contributed by atoms with van der Waals surface area (Å²) in [4.78, 5) is 23.1. The van der Waals surface area contributed by atoms with E-state index in [1.54, 1.807) is 12.1 Å². The van der Waals surface area contributed by atoms with Crippen LogP contribution in [-0.2, 0) is 9.59 Å². The molecule has 0 spiro atoms. The maximum absolute atomic E-state index is 11.7. The van der Waals surface area contributed by atoms with Gasteiger partial charge in [0.1, 0.15) is 6.04 Å². The molecule has 5 nitrogen and oxygen atoms in total. The van der Waals surface area contributed by atoms with E-state index in [2.05, 4.69) is 10.6 Å². The Morgan fingerprint density at radius 2 is 1.94 bits per heavy atom. The van der Waals surface area contributed by atoms with Crippen LogP contribution in [0.25, 0.3) is 0 Å². The summed E-state index contributed by atoms with van der Waals surface area (Å²) < 4.78 is 0. The van der Waals surface area contributed by atoms with Crippen molar-refractivity contribution in [3.05, 3.63) is 35.9 Å². The number of amides is 2. The van der Waals surface area contributed by atoms with E-state index in [1.807, 2.05) is 18.2 Å². The van der Waals surface area contributed by atoms with Crippen LogP contribution in [0.1, 0.15) is 24.4 Å². The lowest BCUT2D eigenvalue weighted by atomic mass is 10.1. The summed E-state index contributed by atoms with van der Waals surface area (Å²) in [6.45, 7) is -0.0180. The Bertz CT molecular complexity index is 429. The second-order valence-corrected chi connectivity index (χ2v) is 4.45. The first-order chi connectivity index (χ1) is 8.66. The standard InChI is InChI=1S/C13H17N3O2/c14-12(9-4-2-1-3-5-9)13(18)15-8-11(17)16-10-6-7-10/h1-5,10,12H,6-8,14H2,(H,15,18)(H,16,17)/t12-/m1/s1. The molecule has 0 saturated heterocycles. The van der Waals surface area contributed by atoms with Gasteiger partial charge in [0.2, 0.25) is 11.8 Å². The van der Waals surface area contributed by atoms with Gasteiger partial charge in [0.05, 0.1) is 6.54 Å². The first-order valence-electron chi connectivity index (χ1n) is 6.04. The molecule has 0 aliphatic heterocycles. The largest absolute Gasteiger partial charge is 0.352 e. The third kappa shape index (κ3) is 3.56. The number of nitrogens with two attached hydrogens (primary N) is 1. The van der Waals surface area contributed by atoms with Gasteiger partial charge < -0.3 is 16.4 Å². The fraction of sp³-hybridized carbons (Fsp3) is 0.385. The Labute approximate surface area is 106 Å². The van der Waals surface area contributed by atoms with Gasteiger partial charge in [-0.15, -0.1) is 0 Å². The van der Waals surface area contributed by atoms with Crippen molar-refractivity contribution in [1.29, 1.82) is 0 Å². The summed E-state index contributed by atoms with van der Waals surface area (Å²) in [5, 5.41) is 5.33. The number of hydrogen-bond acceptors (Lipinski definition) is 3. The van der Waals surface area contributed by atoms with Crippen LogP contribution in [0.15, 0.2) is 30.3 Å². The highest BCUT2D eigenvalue weighted by Gasteiger charge is 2.23. The van der Waals surface area contributed by atoms with Crippen molar-refractivity contribution in [3.63, 3.8) is 0 Å². The molecular weight excluding hydrogens is 230 g/mol. The highest BCUT2D eigenvalue weighted by Crippen LogP contribution is 2.18. The van der Waals surface area contributed by atoms with Crippen LogP contribution in [0, 0.1) is 0 Å². The predicted molar refractivity (Wildman–Crippen MR) is 67.5 cm³/mol. The van der Waals surface area contributed by atoms with Gasteiger partial charge in [0.15, 0.2) is 0 Å². The smallest absolute Gasteiger partial charge is 0.241 e. The number of benzene rings is 1. The highest BCUT2D eigenvalue weighted by molar-refractivity contribution is 5.88. The van der Waals surface area contributed by atoms with Gasteiger partial charge in [0, 0.05) is 6.04 Å². The molecule has 1 aromatic carbocycles. The highest BCUT2D eigenvalue weighted by atomic mass is 16.2. The van der Waals surface area contributed by atoms with E-state index in [0.717, 1.165) is 18.4 Å². The summed E-state index contributed by atoms with van der Waals surface area (Å²) in [6, 6.07) is 8.64. The normalized spacial score (nSPS) is 15.8. The lowest BCUT2D eigenvalue weighted by Gasteiger charge is -2.12. The molecular formula is C13H17N3O2. The van der Waals surface area contributed by atoms with E-state index < -0.39 is 6.04 Å². The summed E-state index contributed by atoms with van der Waals surface area (Å²) in [5.74, 6) is -0.502. The van der Waals surface area contributed by atoms with Gasteiger partial charge in [-0.2, -0.15) is 0 Å². The summed E-state index contributed by atoms with van der Waals surface area (Å²) in [6.07, 6.45) is 2.06. The molecule has 1 aliphatic rings. The van der Waals surface area contributed by atoms with E-state index in [-0.39, 0.29) is 18.4 Å². The number of carbonyl (C=O) groups is 2. The molecule has 1 saturated carbocycles. The third-order valence-corrected chi connectivity index (χ3v) is 2.81. The van der Waals surface area contributed by atoms with E-state index >= 15 is 0 Å². The Morgan fingerprint density at radius 1 is 1.28 bits per heavy atom. The fourth-order valence-corrected chi connectivity index (χ4v) is 1.60. The molecule has 0 radical (unpaired) electrons. The van der Waals surface area contributed by atoms with Gasteiger partial charge in [0.25, 0.3) is 0 Å². The summed E-state index contributed by atoms with van der Waals surface area (Å²) in [7, 11) is 0. The van der Waals surface area contributed by atoms with Crippen molar-refractivity contribution in [3.8, 4) is 0 Å². The van der Waals surface area contributed by atoms with Crippen LogP contribution in [0.5, 0.6) is 0 Å². The zero-order chi connectivity index (χ0) is 13.0. The molecule has 1 aliphatic carbocycles. The Kier molecular flexibility index (Phi) is 3.94. The molecule has 0 unspecified atom stereocenters. The van der Waals surface area contributed by atoms with Gasteiger partial charge in [-0.3, -0.25) is 9.59 Å². The van der Waals surface area contributed by atoms with Gasteiger partial charge >= 0.3 is 0 Å². The van der Waals surface area contributed by atoms with E-state index in [1.165, 1.54) is 0 Å². The Balaban J connectivity index is 1.78. The molecule has 1 fully saturated rings. The van der Waals surface area contributed by atoms with Crippen molar-refractivity contribution >= 4 is 11.8 Å². The Hall–Kier alpha value is -1.88. The van der Waals surface area contributed by atoms with Crippen LogP contribution < -0.4 is 16.4 Å². The average molecular weight is 247 g/mol. The van der Waals surface area contributed by atoms with Gasteiger partial charge in [-0.05, 0) is 18.4 Å². The van der Waals surface area contributed by atoms with E-state index in [0.29, 0.717) is 6.04 Å². The molecule has 4 N–H and O–H groups in total. The van der Waals surface area contributed by atoms with Gasteiger partial charge in [-0.1, -0.05) is 30.3 Å². The summed E-state index contributed by atoms with van der Waals surface area (Å²) in [5.41, 5.74) is 6.53. The SMILES string of the molecule is N[C@@H](C(=O)NCC(=O)NC1CC1)c1ccccc1. The zero-order valence-corrected chi connectivity index (χ0v) is 10.1. The van der Waals surface area contributed by atoms with Crippen molar-refractivity contribution in [1.82, 2.24) is 10.6 Å². The average Bonchev–Trinajstić information content (AvgIpc) is 3.20. The first kappa shape index (κ1) is 12.6. The molecule has 1 atom stereocenters. The predicted octanol–water partition coefficient (Wildman–Crippen LogP) is 0.0812. The molecule has 0 aromatic heterocycles. The molecule has 0 heterocycles.